The number of sulfonamides is 1. The highest BCUT2D eigenvalue weighted by molar-refractivity contribution is 7.89. The van der Waals surface area contributed by atoms with Crippen LogP contribution in [0.1, 0.15) is 65.7 Å². The minimum absolute atomic E-state index is 0.00461. The molecule has 0 spiro atoms. The minimum atomic E-state index is -3.33. The van der Waals surface area contributed by atoms with Gasteiger partial charge in [-0.2, -0.15) is 0 Å². The van der Waals surface area contributed by atoms with Crippen molar-refractivity contribution in [3.8, 4) is 0 Å². The Hall–Kier alpha value is -0.860. The Balaban J connectivity index is 2.37. The molecule has 26 heavy (non-hydrogen) atoms. The van der Waals surface area contributed by atoms with Crippen LogP contribution < -0.4 is 15.4 Å². The van der Waals surface area contributed by atoms with E-state index >= 15 is 0 Å². The summed E-state index contributed by atoms with van der Waals surface area (Å²) in [7, 11) is -3.33. The van der Waals surface area contributed by atoms with Gasteiger partial charge in [0.05, 0.1) is 18.4 Å². The predicted molar refractivity (Wildman–Crippen MR) is 108 cm³/mol. The van der Waals surface area contributed by atoms with Gasteiger partial charge < -0.3 is 15.4 Å². The van der Waals surface area contributed by atoms with E-state index in [0.29, 0.717) is 18.5 Å². The number of hydrogen-bond donors (Lipinski definition) is 3. The molecule has 1 heterocycles. The van der Waals surface area contributed by atoms with Gasteiger partial charge in [-0.3, -0.25) is 4.99 Å². The third-order valence-corrected chi connectivity index (χ3v) is 5.73. The zero-order valence-electron chi connectivity index (χ0n) is 16.7. The highest BCUT2D eigenvalue weighted by atomic mass is 32.2. The van der Waals surface area contributed by atoms with Crippen molar-refractivity contribution in [3.05, 3.63) is 0 Å². The van der Waals surface area contributed by atoms with Crippen LogP contribution in [0.2, 0.25) is 0 Å². The first-order chi connectivity index (χ1) is 12.5. The van der Waals surface area contributed by atoms with E-state index in [0.717, 1.165) is 38.8 Å². The Bertz CT molecular complexity index is 491. The fourth-order valence-corrected chi connectivity index (χ4v) is 3.78. The van der Waals surface area contributed by atoms with Crippen molar-refractivity contribution in [1.82, 2.24) is 15.4 Å². The van der Waals surface area contributed by atoms with Gasteiger partial charge >= 0.3 is 0 Å². The topological polar surface area (TPSA) is 91.8 Å². The monoisotopic (exact) mass is 390 g/mol. The zero-order chi connectivity index (χ0) is 19.3. The summed E-state index contributed by atoms with van der Waals surface area (Å²) in [5.41, 5.74) is 0. The molecule has 3 N–H and O–H groups in total. The van der Waals surface area contributed by atoms with E-state index in [4.69, 9.17) is 4.74 Å². The maximum absolute atomic E-state index is 12.1. The summed E-state index contributed by atoms with van der Waals surface area (Å²) in [6, 6.07) is 0.317. The highest BCUT2D eigenvalue weighted by Gasteiger charge is 2.17. The molecule has 1 aliphatic rings. The first kappa shape index (κ1) is 23.2. The van der Waals surface area contributed by atoms with Crippen LogP contribution in [-0.2, 0) is 14.8 Å². The fraction of sp³-hybridized carbons (Fsp3) is 0.944. The van der Waals surface area contributed by atoms with Gasteiger partial charge in [0.25, 0.3) is 0 Å². The summed E-state index contributed by atoms with van der Waals surface area (Å²) < 4.78 is 32.5. The number of nitrogens with one attached hydrogen (secondary N) is 3. The quantitative estimate of drug-likeness (QED) is 0.269. The molecule has 1 rings (SSSR count). The lowest BCUT2D eigenvalue weighted by Crippen LogP contribution is -2.42. The molecular formula is C18H38N4O3S. The lowest BCUT2D eigenvalue weighted by molar-refractivity contribution is 0.0200. The molecule has 8 heteroatoms. The van der Waals surface area contributed by atoms with Crippen LogP contribution in [0.3, 0.4) is 0 Å². The van der Waals surface area contributed by atoms with Crippen molar-refractivity contribution in [2.75, 3.05) is 32.0 Å². The summed E-state index contributed by atoms with van der Waals surface area (Å²) in [6.45, 7) is 8.39. The van der Waals surface area contributed by atoms with Gasteiger partial charge in [-0.1, -0.05) is 26.2 Å². The molecule has 1 aliphatic heterocycles. The number of rotatable bonds is 12. The molecule has 0 aromatic carbocycles. The van der Waals surface area contributed by atoms with E-state index < -0.39 is 10.0 Å². The fourth-order valence-electron chi connectivity index (χ4n) is 2.86. The molecule has 0 saturated carbocycles. The van der Waals surface area contributed by atoms with Crippen molar-refractivity contribution in [2.45, 2.75) is 77.9 Å². The second-order valence-corrected chi connectivity index (χ2v) is 8.88. The molecule has 2 atom stereocenters. The molecule has 1 saturated heterocycles. The number of aliphatic imine (C=N–C) groups is 1. The molecule has 0 aromatic rings. The Kier molecular flexibility index (Phi) is 11.9. The standard InChI is InChI=1S/C18H38N4O3S/c1-4-6-7-10-16(3)22-18(19-5-2)20-12-14-26(23,24)21-15-17-11-8-9-13-25-17/h16-17,21H,4-15H2,1-3H3,(H2,19,20,22). The number of nitrogens with zero attached hydrogens (tertiary/aromatic N) is 1. The summed E-state index contributed by atoms with van der Waals surface area (Å²) in [5, 5.41) is 6.53. The van der Waals surface area contributed by atoms with Crippen LogP contribution in [0.5, 0.6) is 0 Å². The average Bonchev–Trinajstić information content (AvgIpc) is 2.61. The molecule has 0 aromatic heterocycles. The molecule has 2 unspecified atom stereocenters. The summed E-state index contributed by atoms with van der Waals surface area (Å²) in [6.07, 6.45) is 7.80. The Morgan fingerprint density at radius 1 is 1.27 bits per heavy atom. The maximum Gasteiger partial charge on any atom is 0.213 e. The third-order valence-electron chi connectivity index (χ3n) is 4.40. The van der Waals surface area contributed by atoms with Crippen LogP contribution in [-0.4, -0.2) is 58.5 Å². The molecule has 0 bridgehead atoms. The average molecular weight is 391 g/mol. The second kappa shape index (κ2) is 13.3. The van der Waals surface area contributed by atoms with Gasteiger partial charge in [0.15, 0.2) is 5.96 Å². The number of hydrogen-bond acceptors (Lipinski definition) is 4. The van der Waals surface area contributed by atoms with Gasteiger partial charge in [0.1, 0.15) is 0 Å². The van der Waals surface area contributed by atoms with Crippen LogP contribution in [0.4, 0.5) is 0 Å². The van der Waals surface area contributed by atoms with Gasteiger partial charge in [-0.05, 0) is 39.5 Å². The predicted octanol–water partition coefficient (Wildman–Crippen LogP) is 2.00. The van der Waals surface area contributed by atoms with Crippen molar-refractivity contribution in [1.29, 1.82) is 0 Å². The number of ether oxygens (including phenoxy) is 1. The summed E-state index contributed by atoms with van der Waals surface area (Å²) in [4.78, 5) is 4.41. The first-order valence-electron chi connectivity index (χ1n) is 10.1. The van der Waals surface area contributed by atoms with Crippen LogP contribution in [0.25, 0.3) is 0 Å². The Morgan fingerprint density at radius 3 is 2.73 bits per heavy atom. The van der Waals surface area contributed by atoms with Crippen LogP contribution >= 0.6 is 0 Å². The van der Waals surface area contributed by atoms with Crippen molar-refractivity contribution < 1.29 is 13.2 Å². The second-order valence-electron chi connectivity index (χ2n) is 6.96. The largest absolute Gasteiger partial charge is 0.377 e. The van der Waals surface area contributed by atoms with Crippen LogP contribution in [0, 0.1) is 0 Å². The van der Waals surface area contributed by atoms with E-state index in [-0.39, 0.29) is 18.4 Å². The Labute approximate surface area is 159 Å². The lowest BCUT2D eigenvalue weighted by atomic mass is 10.1. The Morgan fingerprint density at radius 2 is 2.08 bits per heavy atom. The van der Waals surface area contributed by atoms with Crippen molar-refractivity contribution in [2.24, 2.45) is 4.99 Å². The van der Waals surface area contributed by atoms with Gasteiger partial charge in [0.2, 0.25) is 10.0 Å². The van der Waals surface area contributed by atoms with E-state index in [2.05, 4.69) is 34.2 Å². The van der Waals surface area contributed by atoms with E-state index in [1.54, 1.807) is 0 Å². The molecule has 7 nitrogen and oxygen atoms in total. The van der Waals surface area contributed by atoms with Crippen LogP contribution in [0.15, 0.2) is 4.99 Å². The van der Waals surface area contributed by atoms with Crippen molar-refractivity contribution in [3.63, 3.8) is 0 Å². The molecule has 0 aliphatic carbocycles. The van der Waals surface area contributed by atoms with Crippen molar-refractivity contribution >= 4 is 16.0 Å². The first-order valence-corrected chi connectivity index (χ1v) is 11.8. The van der Waals surface area contributed by atoms with Gasteiger partial charge in [-0.25, -0.2) is 13.1 Å². The lowest BCUT2D eigenvalue weighted by Gasteiger charge is -2.22. The normalized spacial score (nSPS) is 20.0. The molecule has 1 fully saturated rings. The van der Waals surface area contributed by atoms with E-state index in [1.165, 1.54) is 19.3 Å². The number of unbranched alkanes of at least 4 members (excludes halogenated alkanes) is 2. The molecule has 0 amide bonds. The maximum atomic E-state index is 12.1. The smallest absolute Gasteiger partial charge is 0.213 e. The third kappa shape index (κ3) is 11.0. The molecular weight excluding hydrogens is 352 g/mol. The zero-order valence-corrected chi connectivity index (χ0v) is 17.5. The number of guanidine groups is 1. The SMILES string of the molecule is CCCCCC(C)NC(=NCCS(=O)(=O)NCC1CCCCO1)NCC. The minimum Gasteiger partial charge on any atom is -0.377 e. The highest BCUT2D eigenvalue weighted by Crippen LogP contribution is 2.11. The summed E-state index contributed by atoms with van der Waals surface area (Å²) in [5.74, 6) is 0.669. The molecule has 0 radical (unpaired) electrons. The molecule has 154 valence electrons. The van der Waals surface area contributed by atoms with Gasteiger partial charge in [0, 0.05) is 25.7 Å². The van der Waals surface area contributed by atoms with E-state index in [1.807, 2.05) is 6.92 Å². The van der Waals surface area contributed by atoms with E-state index in [9.17, 15) is 8.42 Å². The van der Waals surface area contributed by atoms with Gasteiger partial charge in [-0.15, -0.1) is 0 Å². The summed E-state index contributed by atoms with van der Waals surface area (Å²) >= 11 is 0.